The average molecular weight is 439 g/mol. The van der Waals surface area contributed by atoms with E-state index < -0.39 is 64.4 Å². The van der Waals surface area contributed by atoms with Crippen molar-refractivity contribution in [3.63, 3.8) is 0 Å². The highest BCUT2D eigenvalue weighted by molar-refractivity contribution is 6.31. The molecule has 32 heavy (non-hydrogen) atoms. The van der Waals surface area contributed by atoms with E-state index in [1.54, 1.807) is 0 Å². The quantitative estimate of drug-likeness (QED) is 0.321. The molecule has 9 nitrogen and oxygen atoms in total. The van der Waals surface area contributed by atoms with Crippen molar-refractivity contribution in [2.24, 2.45) is 29.4 Å². The van der Waals surface area contributed by atoms with Crippen LogP contribution >= 0.6 is 0 Å². The number of aliphatic hydroxyl groups is 2. The Hall–Kier alpha value is -3.35. The summed E-state index contributed by atoms with van der Waals surface area (Å²) in [7, 11) is 0. The van der Waals surface area contributed by atoms with Gasteiger partial charge in [-0.2, -0.15) is 0 Å². The number of rotatable bonds is 1. The molecule has 3 aliphatic rings. The molecule has 0 radical (unpaired) electrons. The van der Waals surface area contributed by atoms with Crippen LogP contribution in [0.2, 0.25) is 0 Å². The summed E-state index contributed by atoms with van der Waals surface area (Å²) in [5, 5.41) is 30.9. The van der Waals surface area contributed by atoms with Gasteiger partial charge < -0.3 is 21.1 Å². The third-order valence-corrected chi connectivity index (χ3v) is 6.70. The molecule has 166 valence electrons. The highest BCUT2D eigenvalue weighted by Gasteiger charge is 2.66. The van der Waals surface area contributed by atoms with E-state index in [9.17, 15) is 39.3 Å². The Morgan fingerprint density at radius 2 is 1.88 bits per heavy atom. The van der Waals surface area contributed by atoms with E-state index in [4.69, 9.17) is 5.73 Å². The number of aliphatic hydroxyl groups excluding tert-OH is 1. The molecular weight excluding hydrogens is 418 g/mol. The van der Waals surface area contributed by atoms with Gasteiger partial charge in [-0.15, -0.1) is 0 Å². The molecule has 2 fully saturated rings. The summed E-state index contributed by atoms with van der Waals surface area (Å²) in [4.78, 5) is 63.5. The first-order chi connectivity index (χ1) is 15.0. The van der Waals surface area contributed by atoms with Crippen molar-refractivity contribution in [2.45, 2.75) is 37.9 Å². The van der Waals surface area contributed by atoms with Gasteiger partial charge in [0.15, 0.2) is 34.7 Å². The summed E-state index contributed by atoms with van der Waals surface area (Å²) in [6.45, 7) is 1.47. The Balaban J connectivity index is 1.81. The van der Waals surface area contributed by atoms with Crippen molar-refractivity contribution in [1.82, 2.24) is 0 Å². The molecule has 0 saturated heterocycles. The number of ketones is 4. The fraction of sp³-hybridized carbons (Fsp3) is 0.435. The van der Waals surface area contributed by atoms with E-state index >= 15 is 0 Å². The number of phenols is 1. The minimum Gasteiger partial charge on any atom is -0.507 e. The lowest BCUT2D eigenvalue weighted by Gasteiger charge is -2.48. The summed E-state index contributed by atoms with van der Waals surface area (Å²) in [5.74, 6) is -5.20. The molecular formula is C23H21NO8. The minimum atomic E-state index is -2.67. The number of carbonyl (C=O) groups is 5. The van der Waals surface area contributed by atoms with Crippen molar-refractivity contribution in [2.75, 3.05) is 0 Å². The standard InChI is InChI=1S/C23H21NO8/c1-9(25)2-3-10-4-5-14(26)17-13(10)7-11-6-12-8-15(27)18(22(24)31)21(30)23(12,32)20(29)16(11)19(17)28/h4-5,9,11-12,16,18,25-26,32H,6-8H2,1H3,(H2,24,31)/t9?,11-,12+,16?,18?,23+/m1/s1. The zero-order valence-corrected chi connectivity index (χ0v) is 17.1. The predicted molar refractivity (Wildman–Crippen MR) is 107 cm³/mol. The molecule has 3 aliphatic carbocycles. The van der Waals surface area contributed by atoms with Crippen LogP contribution < -0.4 is 5.73 Å². The molecule has 0 aliphatic heterocycles. The minimum absolute atomic E-state index is 0.0139. The predicted octanol–water partition coefficient (Wildman–Crippen LogP) is -0.941. The lowest BCUT2D eigenvalue weighted by atomic mass is 9.53. The number of carbonyl (C=O) groups excluding carboxylic acids is 5. The van der Waals surface area contributed by atoms with Gasteiger partial charge in [0, 0.05) is 17.9 Å². The lowest BCUT2D eigenvalue weighted by molar-refractivity contribution is -0.175. The lowest BCUT2D eigenvalue weighted by Crippen LogP contribution is -2.68. The van der Waals surface area contributed by atoms with Crippen LogP contribution in [0.15, 0.2) is 12.1 Å². The largest absolute Gasteiger partial charge is 0.507 e. The molecule has 6 atom stereocenters. The molecule has 1 aromatic carbocycles. The third-order valence-electron chi connectivity index (χ3n) is 6.70. The molecule has 9 heteroatoms. The van der Waals surface area contributed by atoms with Crippen LogP contribution in [0.3, 0.4) is 0 Å². The number of benzene rings is 1. The maximum Gasteiger partial charge on any atom is 0.235 e. The van der Waals surface area contributed by atoms with Gasteiger partial charge in [0.05, 0.1) is 11.5 Å². The number of aromatic hydroxyl groups is 1. The Labute approximate surface area is 182 Å². The average Bonchev–Trinajstić information content (AvgIpc) is 2.69. The molecule has 3 unspecified atom stereocenters. The van der Waals surface area contributed by atoms with Crippen LogP contribution in [0.25, 0.3) is 0 Å². The van der Waals surface area contributed by atoms with Crippen LogP contribution in [0.1, 0.15) is 41.3 Å². The summed E-state index contributed by atoms with van der Waals surface area (Å²) < 4.78 is 0. The van der Waals surface area contributed by atoms with E-state index in [0.717, 1.165) is 0 Å². The van der Waals surface area contributed by atoms with Gasteiger partial charge >= 0.3 is 0 Å². The van der Waals surface area contributed by atoms with Crippen LogP contribution in [-0.2, 0) is 25.6 Å². The van der Waals surface area contributed by atoms with E-state index in [1.165, 1.54) is 19.1 Å². The topological polar surface area (TPSA) is 172 Å². The summed E-state index contributed by atoms with van der Waals surface area (Å²) in [6, 6.07) is 2.75. The number of phenolic OH excluding ortho intramolecular Hbond substituents is 1. The molecule has 0 aromatic heterocycles. The molecule has 0 spiro atoms. The molecule has 1 amide bonds. The second-order valence-corrected chi connectivity index (χ2v) is 8.67. The molecule has 1 aromatic rings. The first kappa shape index (κ1) is 21.9. The molecule has 5 N–H and O–H groups in total. The molecule has 0 bridgehead atoms. The Kier molecular flexibility index (Phi) is 5.03. The molecule has 4 rings (SSSR count). The van der Waals surface area contributed by atoms with Crippen LogP contribution in [0, 0.1) is 35.5 Å². The Bertz CT molecular complexity index is 1160. The van der Waals surface area contributed by atoms with Crippen molar-refractivity contribution in [3.8, 4) is 17.6 Å². The van der Waals surface area contributed by atoms with Crippen molar-refractivity contribution in [3.05, 3.63) is 28.8 Å². The number of hydrogen-bond acceptors (Lipinski definition) is 8. The zero-order valence-electron chi connectivity index (χ0n) is 17.1. The maximum atomic E-state index is 13.3. The summed E-state index contributed by atoms with van der Waals surface area (Å²) in [6.07, 6.45) is -1.15. The number of Topliss-reactive ketones (excluding diaryl/α,β-unsaturated/α-hetero) is 4. The van der Waals surface area contributed by atoms with Crippen molar-refractivity contribution < 1.29 is 39.3 Å². The summed E-state index contributed by atoms with van der Waals surface area (Å²) >= 11 is 0. The third kappa shape index (κ3) is 2.98. The highest BCUT2D eigenvalue weighted by atomic mass is 16.3. The normalized spacial score (nSPS) is 32.2. The number of primary amides is 1. The van der Waals surface area contributed by atoms with Gasteiger partial charge in [0.25, 0.3) is 0 Å². The Morgan fingerprint density at radius 3 is 2.50 bits per heavy atom. The van der Waals surface area contributed by atoms with Crippen molar-refractivity contribution >= 4 is 29.0 Å². The van der Waals surface area contributed by atoms with Gasteiger partial charge in [-0.05, 0) is 43.4 Å². The van der Waals surface area contributed by atoms with Gasteiger partial charge in [-0.25, -0.2) is 0 Å². The SMILES string of the molecule is CC(O)C#Cc1ccc(O)c2c1C[C@H]1C[C@H]3CC(=O)C(C(N)=O)C(=O)[C@@]3(O)C(=O)C1C2=O. The first-order valence-corrected chi connectivity index (χ1v) is 10.2. The van der Waals surface area contributed by atoms with Crippen molar-refractivity contribution in [1.29, 1.82) is 0 Å². The molecule has 0 heterocycles. The zero-order chi connectivity index (χ0) is 23.5. The fourth-order valence-electron chi connectivity index (χ4n) is 5.27. The van der Waals surface area contributed by atoms with Crippen LogP contribution in [0.4, 0.5) is 0 Å². The van der Waals surface area contributed by atoms with E-state index in [0.29, 0.717) is 11.1 Å². The van der Waals surface area contributed by atoms with E-state index in [-0.39, 0.29) is 30.6 Å². The van der Waals surface area contributed by atoms with Gasteiger partial charge in [0.2, 0.25) is 5.91 Å². The smallest absolute Gasteiger partial charge is 0.235 e. The number of fused-ring (bicyclic) bond motifs is 3. The molecule has 2 saturated carbocycles. The second kappa shape index (κ2) is 7.36. The van der Waals surface area contributed by atoms with Gasteiger partial charge in [-0.1, -0.05) is 11.8 Å². The number of nitrogens with two attached hydrogens (primary N) is 1. The number of amides is 1. The van der Waals surface area contributed by atoms with Gasteiger partial charge in [0.1, 0.15) is 11.9 Å². The highest BCUT2D eigenvalue weighted by Crippen LogP contribution is 2.50. The van der Waals surface area contributed by atoms with E-state index in [2.05, 4.69) is 11.8 Å². The maximum absolute atomic E-state index is 13.3. The monoisotopic (exact) mass is 439 g/mol. The number of hydrogen-bond donors (Lipinski definition) is 4. The summed E-state index contributed by atoms with van der Waals surface area (Å²) in [5.41, 5.74) is 3.18. The Morgan fingerprint density at radius 1 is 1.19 bits per heavy atom. The first-order valence-electron chi connectivity index (χ1n) is 10.2. The second-order valence-electron chi connectivity index (χ2n) is 8.67. The van der Waals surface area contributed by atoms with E-state index in [1.807, 2.05) is 0 Å². The van der Waals surface area contributed by atoms with Gasteiger partial charge in [-0.3, -0.25) is 24.0 Å². The van der Waals surface area contributed by atoms with Crippen LogP contribution in [-0.4, -0.2) is 56.1 Å². The van der Waals surface area contributed by atoms with Crippen LogP contribution in [0.5, 0.6) is 5.75 Å². The fourth-order valence-corrected chi connectivity index (χ4v) is 5.27.